The molecule has 0 radical (unpaired) electrons. The lowest BCUT2D eigenvalue weighted by atomic mass is 10.0. The van der Waals surface area contributed by atoms with Crippen LogP contribution in [0.4, 0.5) is 0 Å². The van der Waals surface area contributed by atoms with E-state index in [-0.39, 0.29) is 6.04 Å². The standard InChI is InChI=1S/C14H26N2OS/c1-5-12(15)14(13-8-7-11(2)18-13)16(3)9-6-10-17-4/h7-8,12,14H,5-6,9-10,15H2,1-4H3. The van der Waals surface area contributed by atoms with Gasteiger partial charge in [0.05, 0.1) is 6.04 Å². The Morgan fingerprint density at radius 2 is 2.17 bits per heavy atom. The smallest absolute Gasteiger partial charge is 0.0591 e. The van der Waals surface area contributed by atoms with Crippen molar-refractivity contribution in [3.63, 3.8) is 0 Å². The van der Waals surface area contributed by atoms with Crippen molar-refractivity contribution in [2.75, 3.05) is 27.3 Å². The normalized spacial score (nSPS) is 15.0. The van der Waals surface area contributed by atoms with Gasteiger partial charge in [0.15, 0.2) is 0 Å². The fourth-order valence-corrected chi connectivity index (χ4v) is 3.31. The maximum absolute atomic E-state index is 6.30. The lowest BCUT2D eigenvalue weighted by Crippen LogP contribution is -2.39. The van der Waals surface area contributed by atoms with Gasteiger partial charge in [0, 0.05) is 36.1 Å². The van der Waals surface area contributed by atoms with Gasteiger partial charge >= 0.3 is 0 Å². The highest BCUT2D eigenvalue weighted by Crippen LogP contribution is 2.29. The van der Waals surface area contributed by atoms with Gasteiger partial charge in [0.1, 0.15) is 0 Å². The van der Waals surface area contributed by atoms with Gasteiger partial charge in [-0.1, -0.05) is 6.92 Å². The van der Waals surface area contributed by atoms with Crippen LogP contribution in [0.25, 0.3) is 0 Å². The molecule has 0 saturated heterocycles. The molecular weight excluding hydrogens is 244 g/mol. The number of ether oxygens (including phenoxy) is 1. The number of hydrogen-bond acceptors (Lipinski definition) is 4. The molecule has 2 atom stereocenters. The van der Waals surface area contributed by atoms with Crippen molar-refractivity contribution in [3.05, 3.63) is 21.9 Å². The van der Waals surface area contributed by atoms with E-state index >= 15 is 0 Å². The van der Waals surface area contributed by atoms with Crippen molar-refractivity contribution in [2.24, 2.45) is 5.73 Å². The molecule has 0 amide bonds. The molecule has 18 heavy (non-hydrogen) atoms. The lowest BCUT2D eigenvalue weighted by Gasteiger charge is -2.31. The maximum Gasteiger partial charge on any atom is 0.0591 e. The predicted molar refractivity (Wildman–Crippen MR) is 79.2 cm³/mol. The van der Waals surface area contributed by atoms with Gasteiger partial charge in [0.2, 0.25) is 0 Å². The highest BCUT2D eigenvalue weighted by molar-refractivity contribution is 7.12. The number of hydrogen-bond donors (Lipinski definition) is 1. The third-order valence-electron chi connectivity index (χ3n) is 3.26. The van der Waals surface area contributed by atoms with E-state index in [1.165, 1.54) is 9.75 Å². The third-order valence-corrected chi connectivity index (χ3v) is 4.34. The van der Waals surface area contributed by atoms with Crippen molar-refractivity contribution in [2.45, 2.75) is 38.8 Å². The molecule has 0 aliphatic carbocycles. The average molecular weight is 270 g/mol. The van der Waals surface area contributed by atoms with E-state index in [9.17, 15) is 0 Å². The number of nitrogens with two attached hydrogens (primary N) is 1. The highest BCUT2D eigenvalue weighted by Gasteiger charge is 2.24. The van der Waals surface area contributed by atoms with Crippen LogP contribution in [0, 0.1) is 6.92 Å². The third kappa shape index (κ3) is 4.35. The molecule has 2 N–H and O–H groups in total. The Morgan fingerprint density at radius 3 is 2.67 bits per heavy atom. The van der Waals surface area contributed by atoms with Crippen molar-refractivity contribution >= 4 is 11.3 Å². The molecule has 2 unspecified atom stereocenters. The van der Waals surface area contributed by atoms with E-state index in [0.29, 0.717) is 6.04 Å². The Bertz CT molecular complexity index is 340. The minimum absolute atomic E-state index is 0.190. The Balaban J connectivity index is 2.72. The van der Waals surface area contributed by atoms with Crippen LogP contribution >= 0.6 is 11.3 Å². The summed E-state index contributed by atoms with van der Waals surface area (Å²) in [5.74, 6) is 0. The molecular formula is C14H26N2OS. The zero-order valence-electron chi connectivity index (χ0n) is 12.0. The van der Waals surface area contributed by atoms with Gasteiger partial charge in [-0.05, 0) is 38.9 Å². The van der Waals surface area contributed by atoms with Gasteiger partial charge in [-0.2, -0.15) is 0 Å². The molecule has 0 aromatic carbocycles. The van der Waals surface area contributed by atoms with E-state index in [1.807, 2.05) is 11.3 Å². The summed E-state index contributed by atoms with van der Waals surface area (Å²) in [4.78, 5) is 5.09. The van der Waals surface area contributed by atoms with Crippen LogP contribution < -0.4 is 5.73 Å². The Labute approximate surface area is 115 Å². The first kappa shape index (κ1) is 15.6. The molecule has 4 heteroatoms. The first-order valence-corrected chi connectivity index (χ1v) is 7.42. The molecule has 0 saturated carbocycles. The van der Waals surface area contributed by atoms with Crippen LogP contribution in [0.2, 0.25) is 0 Å². The Morgan fingerprint density at radius 1 is 1.44 bits per heavy atom. The summed E-state index contributed by atoms with van der Waals surface area (Å²) >= 11 is 1.85. The molecule has 0 aliphatic rings. The Hall–Kier alpha value is -0.420. The zero-order chi connectivity index (χ0) is 13.5. The topological polar surface area (TPSA) is 38.5 Å². The molecule has 1 rings (SSSR count). The Kier molecular flexibility index (Phi) is 6.86. The summed E-state index contributed by atoms with van der Waals surface area (Å²) in [6.45, 7) is 6.12. The van der Waals surface area contributed by atoms with E-state index in [2.05, 4.69) is 37.9 Å². The van der Waals surface area contributed by atoms with Crippen LogP contribution in [-0.2, 0) is 4.74 Å². The SMILES string of the molecule is CCC(N)C(c1ccc(C)s1)N(C)CCCOC. The van der Waals surface area contributed by atoms with E-state index in [1.54, 1.807) is 7.11 Å². The van der Waals surface area contributed by atoms with E-state index < -0.39 is 0 Å². The second-order valence-corrected chi connectivity index (χ2v) is 6.11. The van der Waals surface area contributed by atoms with Gasteiger partial charge in [0.25, 0.3) is 0 Å². The van der Waals surface area contributed by atoms with Gasteiger partial charge in [-0.25, -0.2) is 0 Å². The van der Waals surface area contributed by atoms with Crippen LogP contribution in [0.1, 0.15) is 35.6 Å². The second-order valence-electron chi connectivity index (χ2n) is 4.79. The summed E-state index contributed by atoms with van der Waals surface area (Å²) in [5, 5.41) is 0. The highest BCUT2D eigenvalue weighted by atomic mass is 32.1. The molecule has 1 aromatic heterocycles. The van der Waals surface area contributed by atoms with E-state index in [4.69, 9.17) is 10.5 Å². The van der Waals surface area contributed by atoms with Gasteiger partial charge in [-0.15, -0.1) is 11.3 Å². The van der Waals surface area contributed by atoms with Gasteiger partial charge in [-0.3, -0.25) is 4.90 Å². The second kappa shape index (κ2) is 7.89. The molecule has 104 valence electrons. The number of aryl methyl sites for hydroxylation is 1. The number of thiophene rings is 1. The largest absolute Gasteiger partial charge is 0.385 e. The van der Waals surface area contributed by atoms with Crippen molar-refractivity contribution < 1.29 is 4.74 Å². The predicted octanol–water partition coefficient (Wildman–Crippen LogP) is 2.80. The number of nitrogens with zero attached hydrogens (tertiary/aromatic N) is 1. The quantitative estimate of drug-likeness (QED) is 0.738. The molecule has 0 bridgehead atoms. The van der Waals surface area contributed by atoms with Crippen LogP contribution in [-0.4, -0.2) is 38.3 Å². The molecule has 0 spiro atoms. The summed E-state index contributed by atoms with van der Waals surface area (Å²) in [6, 6.07) is 4.91. The monoisotopic (exact) mass is 270 g/mol. The summed E-state index contributed by atoms with van der Waals surface area (Å²) in [6.07, 6.45) is 2.04. The van der Waals surface area contributed by atoms with Crippen LogP contribution in [0.3, 0.4) is 0 Å². The van der Waals surface area contributed by atoms with Crippen molar-refractivity contribution in [3.8, 4) is 0 Å². The molecule has 1 heterocycles. The van der Waals surface area contributed by atoms with E-state index in [0.717, 1.165) is 26.0 Å². The number of methoxy groups -OCH3 is 1. The average Bonchev–Trinajstić information content (AvgIpc) is 2.76. The first-order valence-electron chi connectivity index (χ1n) is 6.61. The molecule has 0 aliphatic heterocycles. The van der Waals surface area contributed by atoms with Crippen molar-refractivity contribution in [1.82, 2.24) is 4.90 Å². The lowest BCUT2D eigenvalue weighted by molar-refractivity contribution is 0.157. The summed E-state index contributed by atoms with van der Waals surface area (Å²) < 4.78 is 5.11. The maximum atomic E-state index is 6.30. The fraction of sp³-hybridized carbons (Fsp3) is 0.714. The van der Waals surface area contributed by atoms with Gasteiger partial charge < -0.3 is 10.5 Å². The zero-order valence-corrected chi connectivity index (χ0v) is 12.8. The van der Waals surface area contributed by atoms with Crippen molar-refractivity contribution in [1.29, 1.82) is 0 Å². The number of likely N-dealkylation sites (N-methyl/N-ethyl adjacent to an activating group) is 1. The minimum atomic E-state index is 0.190. The summed E-state index contributed by atoms with van der Waals surface area (Å²) in [5.41, 5.74) is 6.30. The molecule has 3 nitrogen and oxygen atoms in total. The van der Waals surface area contributed by atoms with Crippen LogP contribution in [0.5, 0.6) is 0 Å². The number of rotatable bonds is 8. The summed E-state index contributed by atoms with van der Waals surface area (Å²) in [7, 11) is 3.91. The first-order chi connectivity index (χ1) is 8.60. The van der Waals surface area contributed by atoms with Crippen LogP contribution in [0.15, 0.2) is 12.1 Å². The molecule has 1 aromatic rings. The molecule has 0 fully saturated rings. The fourth-order valence-electron chi connectivity index (χ4n) is 2.19. The minimum Gasteiger partial charge on any atom is -0.385 e.